The van der Waals surface area contributed by atoms with Gasteiger partial charge in [-0.05, 0) is 26.3 Å². The van der Waals surface area contributed by atoms with Crippen LogP contribution in [0.2, 0.25) is 0 Å². The van der Waals surface area contributed by atoms with Crippen molar-refractivity contribution < 1.29 is 8.42 Å². The van der Waals surface area contributed by atoms with E-state index in [2.05, 4.69) is 15.3 Å². The van der Waals surface area contributed by atoms with Gasteiger partial charge in [0.2, 0.25) is 0 Å². The second-order valence-corrected chi connectivity index (χ2v) is 6.32. The molecule has 1 N–H and O–H groups in total. The fourth-order valence-electron chi connectivity index (χ4n) is 2.11. The number of sulfone groups is 1. The van der Waals surface area contributed by atoms with Crippen LogP contribution in [0, 0.1) is 6.92 Å². The van der Waals surface area contributed by atoms with E-state index in [1.807, 2.05) is 0 Å². The van der Waals surface area contributed by atoms with Crippen LogP contribution in [0.4, 0.5) is 0 Å². The first-order valence-electron chi connectivity index (χ1n) is 5.83. The quantitative estimate of drug-likeness (QED) is 0.861. The van der Waals surface area contributed by atoms with E-state index in [9.17, 15) is 8.42 Å². The monoisotopic (exact) mass is 255 g/mol. The van der Waals surface area contributed by atoms with E-state index in [4.69, 9.17) is 0 Å². The van der Waals surface area contributed by atoms with Gasteiger partial charge in [0.15, 0.2) is 14.9 Å². The maximum atomic E-state index is 12.2. The molecule has 0 radical (unpaired) electrons. The minimum absolute atomic E-state index is 0.0511. The van der Waals surface area contributed by atoms with Gasteiger partial charge in [-0.15, -0.1) is 0 Å². The molecule has 0 spiro atoms. The third-order valence-corrected chi connectivity index (χ3v) is 4.79. The van der Waals surface area contributed by atoms with E-state index in [-0.39, 0.29) is 16.8 Å². The normalized spacial score (nSPS) is 21.4. The summed E-state index contributed by atoms with van der Waals surface area (Å²) in [6, 6.07) is 0.0511. The Hall–Kier alpha value is -1.01. The van der Waals surface area contributed by atoms with Crippen LogP contribution in [0.3, 0.4) is 0 Å². The highest BCUT2D eigenvalue weighted by Crippen LogP contribution is 2.15. The molecule has 1 aliphatic rings. The number of hydrogen-bond acceptors (Lipinski definition) is 5. The molecule has 5 nitrogen and oxygen atoms in total. The highest BCUT2D eigenvalue weighted by molar-refractivity contribution is 7.91. The third-order valence-electron chi connectivity index (χ3n) is 2.96. The van der Waals surface area contributed by atoms with Crippen molar-refractivity contribution in [1.82, 2.24) is 15.3 Å². The summed E-state index contributed by atoms with van der Waals surface area (Å²) in [6.45, 7) is 2.58. The lowest BCUT2D eigenvalue weighted by Gasteiger charge is -2.23. The topological polar surface area (TPSA) is 72.0 Å². The summed E-state index contributed by atoms with van der Waals surface area (Å²) in [4.78, 5) is 7.91. The summed E-state index contributed by atoms with van der Waals surface area (Å²) < 4.78 is 24.4. The van der Waals surface area contributed by atoms with Gasteiger partial charge in [0, 0.05) is 18.4 Å². The Morgan fingerprint density at radius 3 is 2.76 bits per heavy atom. The lowest BCUT2D eigenvalue weighted by molar-refractivity contribution is 0.423. The Labute approximate surface area is 102 Å². The fraction of sp³-hybridized carbons (Fsp3) is 0.636. The molecule has 17 heavy (non-hydrogen) atoms. The lowest BCUT2D eigenvalue weighted by atomic mass is 10.1. The Morgan fingerprint density at radius 1 is 1.35 bits per heavy atom. The van der Waals surface area contributed by atoms with Gasteiger partial charge in [-0.2, -0.15) is 0 Å². The number of piperidine rings is 1. The van der Waals surface area contributed by atoms with Crippen LogP contribution in [0.5, 0.6) is 0 Å². The maximum absolute atomic E-state index is 12.2. The van der Waals surface area contributed by atoms with Crippen molar-refractivity contribution in [3.05, 3.63) is 18.1 Å². The molecule has 0 aromatic carbocycles. The summed E-state index contributed by atoms with van der Waals surface area (Å²) in [6.07, 6.45) is 6.06. The van der Waals surface area contributed by atoms with E-state index in [0.29, 0.717) is 5.69 Å². The molecule has 2 rings (SSSR count). The molecule has 1 aromatic rings. The van der Waals surface area contributed by atoms with Gasteiger partial charge >= 0.3 is 0 Å². The van der Waals surface area contributed by atoms with E-state index in [0.717, 1.165) is 25.8 Å². The largest absolute Gasteiger partial charge is 0.313 e. The van der Waals surface area contributed by atoms with Crippen molar-refractivity contribution in [2.24, 2.45) is 0 Å². The molecule has 0 bridgehead atoms. The zero-order valence-corrected chi connectivity index (χ0v) is 10.7. The van der Waals surface area contributed by atoms with Crippen molar-refractivity contribution in [1.29, 1.82) is 0 Å². The van der Waals surface area contributed by atoms with Gasteiger partial charge in [-0.25, -0.2) is 13.4 Å². The molecule has 1 aliphatic heterocycles. The van der Waals surface area contributed by atoms with Crippen LogP contribution in [0.25, 0.3) is 0 Å². The molecule has 1 atom stereocenters. The molecule has 2 heterocycles. The van der Waals surface area contributed by atoms with Crippen molar-refractivity contribution in [2.45, 2.75) is 37.3 Å². The summed E-state index contributed by atoms with van der Waals surface area (Å²) in [5, 5.41) is 3.36. The number of rotatable bonds is 3. The fourth-order valence-corrected chi connectivity index (χ4v) is 3.81. The van der Waals surface area contributed by atoms with Gasteiger partial charge in [0.25, 0.3) is 0 Å². The zero-order chi connectivity index (χ0) is 12.3. The summed E-state index contributed by atoms with van der Waals surface area (Å²) in [7, 11) is -3.33. The zero-order valence-electron chi connectivity index (χ0n) is 9.89. The van der Waals surface area contributed by atoms with Crippen LogP contribution < -0.4 is 5.32 Å². The molecule has 1 saturated heterocycles. The highest BCUT2D eigenvalue weighted by atomic mass is 32.2. The lowest BCUT2D eigenvalue weighted by Crippen LogP contribution is -2.39. The number of nitrogens with zero attached hydrogens (tertiary/aromatic N) is 2. The molecule has 0 aliphatic carbocycles. The number of hydrogen-bond donors (Lipinski definition) is 1. The first-order valence-corrected chi connectivity index (χ1v) is 7.48. The van der Waals surface area contributed by atoms with Gasteiger partial charge < -0.3 is 5.32 Å². The van der Waals surface area contributed by atoms with Crippen molar-refractivity contribution >= 4 is 9.84 Å². The highest BCUT2D eigenvalue weighted by Gasteiger charge is 2.25. The summed E-state index contributed by atoms with van der Waals surface area (Å²) >= 11 is 0. The van der Waals surface area contributed by atoms with Crippen molar-refractivity contribution in [3.8, 4) is 0 Å². The number of aryl methyl sites for hydroxylation is 1. The van der Waals surface area contributed by atoms with Crippen LogP contribution in [-0.4, -0.2) is 36.7 Å². The second-order valence-electron chi connectivity index (χ2n) is 4.38. The van der Waals surface area contributed by atoms with Crippen LogP contribution in [0.15, 0.2) is 17.4 Å². The molecule has 1 aromatic heterocycles. The average Bonchev–Trinajstić information content (AvgIpc) is 2.30. The maximum Gasteiger partial charge on any atom is 0.198 e. The first kappa shape index (κ1) is 12.4. The molecule has 94 valence electrons. The Morgan fingerprint density at radius 2 is 2.12 bits per heavy atom. The third kappa shape index (κ3) is 3.01. The van der Waals surface area contributed by atoms with E-state index < -0.39 is 9.84 Å². The molecule has 1 fully saturated rings. The Balaban J connectivity index is 2.16. The molecule has 6 heteroatoms. The molecular weight excluding hydrogens is 238 g/mol. The molecule has 0 amide bonds. The minimum atomic E-state index is -3.33. The molecular formula is C11H17N3O2S. The second kappa shape index (κ2) is 5.10. The summed E-state index contributed by atoms with van der Waals surface area (Å²) in [5.74, 6) is 0.118. The van der Waals surface area contributed by atoms with Gasteiger partial charge in [-0.3, -0.25) is 4.98 Å². The molecule has 0 unspecified atom stereocenters. The predicted octanol–water partition coefficient (Wildman–Crippen LogP) is 0.701. The number of nitrogens with one attached hydrogen (secondary N) is 1. The summed E-state index contributed by atoms with van der Waals surface area (Å²) in [5.41, 5.74) is 0.475. The average molecular weight is 255 g/mol. The smallest absolute Gasteiger partial charge is 0.198 e. The Bertz CT molecular complexity index is 481. The first-order chi connectivity index (χ1) is 8.09. The van der Waals surface area contributed by atoms with Gasteiger partial charge in [0.05, 0.1) is 11.4 Å². The van der Waals surface area contributed by atoms with Crippen LogP contribution in [-0.2, 0) is 9.84 Å². The minimum Gasteiger partial charge on any atom is -0.313 e. The van der Waals surface area contributed by atoms with E-state index in [1.54, 1.807) is 6.92 Å². The van der Waals surface area contributed by atoms with Crippen LogP contribution in [0.1, 0.15) is 25.0 Å². The van der Waals surface area contributed by atoms with Gasteiger partial charge in [-0.1, -0.05) is 6.42 Å². The standard InChI is InChI=1S/C11H17N3O2S/c1-9-11(14-7-6-12-9)17(15,16)8-10-4-2-3-5-13-10/h6-7,10,13H,2-5,8H2,1H3/t10-/m1/s1. The van der Waals surface area contributed by atoms with Crippen molar-refractivity contribution in [2.75, 3.05) is 12.3 Å². The van der Waals surface area contributed by atoms with Gasteiger partial charge in [0.1, 0.15) is 0 Å². The van der Waals surface area contributed by atoms with E-state index in [1.165, 1.54) is 12.4 Å². The predicted molar refractivity (Wildman–Crippen MR) is 64.5 cm³/mol. The SMILES string of the molecule is Cc1nccnc1S(=O)(=O)C[C@H]1CCCCN1. The number of aromatic nitrogens is 2. The van der Waals surface area contributed by atoms with Crippen molar-refractivity contribution in [3.63, 3.8) is 0 Å². The van der Waals surface area contributed by atoms with E-state index >= 15 is 0 Å². The van der Waals surface area contributed by atoms with Crippen LogP contribution >= 0.6 is 0 Å². The molecule has 0 saturated carbocycles. The Kier molecular flexibility index (Phi) is 3.73.